The number of carbonyl (C=O) groups excluding carboxylic acids is 1. The number of benzene rings is 2. The van der Waals surface area contributed by atoms with Gasteiger partial charge in [-0.3, -0.25) is 9.78 Å². The highest BCUT2D eigenvalue weighted by atomic mass is 19.4. The van der Waals surface area contributed by atoms with Gasteiger partial charge < -0.3 is 20.3 Å². The highest BCUT2D eigenvalue weighted by molar-refractivity contribution is 6.00. The number of ether oxygens (including phenoxy) is 1. The number of carbonyl (C=O) groups is 2. The summed E-state index contributed by atoms with van der Waals surface area (Å²) in [5, 5.41) is 19.6. The van der Waals surface area contributed by atoms with E-state index in [4.69, 9.17) is 14.6 Å². The largest absolute Gasteiger partial charge is 0.490 e. The van der Waals surface area contributed by atoms with E-state index in [0.29, 0.717) is 5.69 Å². The number of aliphatic hydroxyl groups excluding tert-OH is 1. The Morgan fingerprint density at radius 1 is 1.08 bits per heavy atom. The van der Waals surface area contributed by atoms with Crippen LogP contribution in [0.15, 0.2) is 60.8 Å². The Labute approximate surface area is 203 Å². The van der Waals surface area contributed by atoms with Gasteiger partial charge in [0.2, 0.25) is 5.91 Å². The van der Waals surface area contributed by atoms with Gasteiger partial charge in [-0.1, -0.05) is 24.3 Å². The summed E-state index contributed by atoms with van der Waals surface area (Å²) in [5.41, 5.74) is 4.03. The maximum atomic E-state index is 13.1. The lowest BCUT2D eigenvalue weighted by molar-refractivity contribution is -0.192. The monoisotopic (exact) mass is 506 g/mol. The topological polar surface area (TPSA) is 109 Å². The molecule has 11 heteroatoms. The highest BCUT2D eigenvalue weighted by Gasteiger charge is 2.47. The molecule has 36 heavy (non-hydrogen) atoms. The van der Waals surface area contributed by atoms with Crippen molar-refractivity contribution in [2.45, 2.75) is 25.1 Å². The third-order valence-corrected chi connectivity index (χ3v) is 5.52. The van der Waals surface area contributed by atoms with Gasteiger partial charge in [0.05, 0.1) is 19.8 Å². The van der Waals surface area contributed by atoms with Crippen molar-refractivity contribution in [1.82, 2.24) is 4.98 Å². The number of amides is 1. The van der Waals surface area contributed by atoms with Crippen LogP contribution in [0.5, 0.6) is 0 Å². The number of aryl methyl sites for hydroxylation is 1. The Kier molecular flexibility index (Phi) is 8.06. The second kappa shape index (κ2) is 10.8. The summed E-state index contributed by atoms with van der Waals surface area (Å²) in [6.45, 7) is 2.38. The number of pyridine rings is 1. The summed E-state index contributed by atoms with van der Waals surface area (Å²) in [6, 6.07) is 15.2. The molecule has 0 spiro atoms. The van der Waals surface area contributed by atoms with E-state index in [0.717, 1.165) is 27.9 Å². The molecule has 4 rings (SSSR count). The molecule has 1 amide bonds. The van der Waals surface area contributed by atoms with Gasteiger partial charge in [0, 0.05) is 23.1 Å². The number of alkyl halides is 3. The Hall–Kier alpha value is -3.83. The predicted molar refractivity (Wildman–Crippen MR) is 122 cm³/mol. The molecular formula is C25H22F4N2O5. The number of hydrogen-bond acceptors (Lipinski definition) is 5. The Morgan fingerprint density at radius 3 is 2.14 bits per heavy atom. The number of carboxylic acids is 1. The fourth-order valence-electron chi connectivity index (χ4n) is 3.50. The van der Waals surface area contributed by atoms with Crippen molar-refractivity contribution >= 4 is 17.6 Å². The van der Waals surface area contributed by atoms with Crippen molar-refractivity contribution in [2.24, 2.45) is 0 Å². The SMILES string of the molecule is Cc1cc(CO)c(-c2ccc(C3(C(=O)Nc4ccc(F)cc4)COC3)cc2)cn1.O=C(O)C(F)(F)F. The highest BCUT2D eigenvalue weighted by Crippen LogP contribution is 2.35. The van der Waals surface area contributed by atoms with Crippen LogP contribution in [0.4, 0.5) is 23.2 Å². The third kappa shape index (κ3) is 6.04. The van der Waals surface area contributed by atoms with Crippen LogP contribution in [0.25, 0.3) is 11.1 Å². The van der Waals surface area contributed by atoms with Crippen molar-refractivity contribution in [3.63, 3.8) is 0 Å². The Balaban J connectivity index is 0.000000454. The first-order chi connectivity index (χ1) is 17.0. The van der Waals surface area contributed by atoms with Gasteiger partial charge in [0.15, 0.2) is 0 Å². The van der Waals surface area contributed by atoms with Gasteiger partial charge in [-0.25, -0.2) is 9.18 Å². The van der Waals surface area contributed by atoms with Crippen molar-refractivity contribution in [2.75, 3.05) is 18.5 Å². The van der Waals surface area contributed by atoms with E-state index in [2.05, 4.69) is 10.3 Å². The Bertz CT molecular complexity index is 1220. The summed E-state index contributed by atoms with van der Waals surface area (Å²) in [4.78, 5) is 26.2. The number of halogens is 4. The zero-order valence-corrected chi connectivity index (χ0v) is 19.0. The molecule has 0 aliphatic carbocycles. The third-order valence-electron chi connectivity index (χ3n) is 5.52. The fraction of sp³-hybridized carbons (Fsp3) is 0.240. The number of aromatic nitrogens is 1. The molecule has 0 saturated carbocycles. The molecule has 3 aromatic rings. The quantitative estimate of drug-likeness (QED) is 0.447. The minimum atomic E-state index is -5.08. The first-order valence-electron chi connectivity index (χ1n) is 10.6. The van der Waals surface area contributed by atoms with Crippen LogP contribution in [0.1, 0.15) is 16.8 Å². The lowest BCUT2D eigenvalue weighted by Crippen LogP contribution is -2.55. The van der Waals surface area contributed by atoms with E-state index in [1.807, 2.05) is 37.3 Å². The molecule has 3 N–H and O–H groups in total. The standard InChI is InChI=1S/C23H21FN2O3.C2HF3O2/c1-15-10-17(12-27)21(11-25-15)16-2-4-18(5-3-16)23(13-29-14-23)22(28)26-20-8-6-19(24)7-9-20;3-2(4,5)1(6)7/h2-11,27H,12-14H2,1H3,(H,26,28);(H,6,7). The summed E-state index contributed by atoms with van der Waals surface area (Å²) >= 11 is 0. The molecule has 0 bridgehead atoms. The maximum absolute atomic E-state index is 13.1. The number of nitrogens with one attached hydrogen (secondary N) is 1. The molecule has 1 aromatic heterocycles. The van der Waals surface area contributed by atoms with Gasteiger partial charge in [-0.2, -0.15) is 13.2 Å². The van der Waals surface area contributed by atoms with Crippen LogP contribution >= 0.6 is 0 Å². The lowest BCUT2D eigenvalue weighted by atomic mass is 9.77. The van der Waals surface area contributed by atoms with E-state index in [9.17, 15) is 27.5 Å². The van der Waals surface area contributed by atoms with Gasteiger partial charge in [-0.05, 0) is 53.9 Å². The second-order valence-corrected chi connectivity index (χ2v) is 8.06. The number of aliphatic hydroxyl groups is 1. The van der Waals surface area contributed by atoms with Crippen LogP contribution in [-0.4, -0.2) is 46.5 Å². The van der Waals surface area contributed by atoms with Crippen LogP contribution in [0.3, 0.4) is 0 Å². The molecule has 2 heterocycles. The van der Waals surface area contributed by atoms with Gasteiger partial charge >= 0.3 is 12.1 Å². The molecule has 1 saturated heterocycles. The lowest BCUT2D eigenvalue weighted by Gasteiger charge is -2.40. The van der Waals surface area contributed by atoms with Crippen molar-refractivity contribution in [3.8, 4) is 11.1 Å². The molecule has 7 nitrogen and oxygen atoms in total. The van der Waals surface area contributed by atoms with Crippen molar-refractivity contribution in [3.05, 3.63) is 83.4 Å². The van der Waals surface area contributed by atoms with Gasteiger partial charge in [-0.15, -0.1) is 0 Å². The number of anilines is 1. The molecule has 1 fully saturated rings. The minimum Gasteiger partial charge on any atom is -0.475 e. The van der Waals surface area contributed by atoms with Crippen molar-refractivity contribution < 1.29 is 42.1 Å². The molecule has 0 radical (unpaired) electrons. The first-order valence-corrected chi connectivity index (χ1v) is 10.6. The molecule has 1 aliphatic heterocycles. The van der Waals surface area contributed by atoms with Gasteiger partial charge in [0.1, 0.15) is 11.2 Å². The molecule has 190 valence electrons. The molecular weight excluding hydrogens is 484 g/mol. The summed E-state index contributed by atoms with van der Waals surface area (Å²) < 4.78 is 50.2. The first kappa shape index (κ1) is 26.8. The number of rotatable bonds is 5. The summed E-state index contributed by atoms with van der Waals surface area (Å²) in [7, 11) is 0. The fourth-order valence-corrected chi connectivity index (χ4v) is 3.50. The van der Waals surface area contributed by atoms with E-state index in [-0.39, 0.29) is 31.5 Å². The zero-order chi connectivity index (χ0) is 26.5. The number of aliphatic carboxylic acids is 1. The molecule has 2 aromatic carbocycles. The average molecular weight is 506 g/mol. The van der Waals surface area contributed by atoms with E-state index < -0.39 is 17.6 Å². The predicted octanol–water partition coefficient (Wildman–Crippen LogP) is 4.23. The van der Waals surface area contributed by atoms with E-state index >= 15 is 0 Å². The summed E-state index contributed by atoms with van der Waals surface area (Å²) in [6.07, 6.45) is -3.33. The Morgan fingerprint density at radius 2 is 1.67 bits per heavy atom. The van der Waals surface area contributed by atoms with E-state index in [1.165, 1.54) is 24.3 Å². The van der Waals surface area contributed by atoms with Crippen LogP contribution in [0, 0.1) is 12.7 Å². The minimum absolute atomic E-state index is 0.0711. The van der Waals surface area contributed by atoms with Crippen LogP contribution in [-0.2, 0) is 26.3 Å². The zero-order valence-electron chi connectivity index (χ0n) is 19.0. The molecule has 0 atom stereocenters. The van der Waals surface area contributed by atoms with Crippen LogP contribution < -0.4 is 5.32 Å². The van der Waals surface area contributed by atoms with Crippen molar-refractivity contribution in [1.29, 1.82) is 0 Å². The molecule has 0 unspecified atom stereocenters. The normalized spacial score (nSPS) is 14.2. The number of nitrogens with zero attached hydrogens (tertiary/aromatic N) is 1. The summed E-state index contributed by atoms with van der Waals surface area (Å²) in [5.74, 6) is -3.29. The van der Waals surface area contributed by atoms with Gasteiger partial charge in [0.25, 0.3) is 0 Å². The second-order valence-electron chi connectivity index (χ2n) is 8.06. The van der Waals surface area contributed by atoms with E-state index in [1.54, 1.807) is 6.20 Å². The van der Waals surface area contributed by atoms with Crippen LogP contribution in [0.2, 0.25) is 0 Å². The maximum Gasteiger partial charge on any atom is 0.490 e. The average Bonchev–Trinajstić information content (AvgIpc) is 2.80. The number of carboxylic acid groups (broad SMARTS) is 1. The smallest absolute Gasteiger partial charge is 0.475 e. The number of hydrogen-bond donors (Lipinski definition) is 3. The molecule has 1 aliphatic rings.